The maximum absolute atomic E-state index is 12.4. The Morgan fingerprint density at radius 1 is 1.24 bits per heavy atom. The molecule has 6 nitrogen and oxygen atoms in total. The molecule has 25 heavy (non-hydrogen) atoms. The average Bonchev–Trinajstić information content (AvgIpc) is 3.18. The summed E-state index contributed by atoms with van der Waals surface area (Å²) in [6, 6.07) is 9.56. The minimum Gasteiger partial charge on any atom is -0.358 e. The van der Waals surface area contributed by atoms with Crippen molar-refractivity contribution >= 4 is 11.8 Å². The van der Waals surface area contributed by atoms with Gasteiger partial charge in [-0.3, -0.25) is 14.8 Å². The van der Waals surface area contributed by atoms with E-state index < -0.39 is 0 Å². The molecule has 0 bridgehead atoms. The number of amides is 2. The normalized spacial score (nSPS) is 26.2. The van der Waals surface area contributed by atoms with Crippen molar-refractivity contribution in [1.82, 2.24) is 16.1 Å². The van der Waals surface area contributed by atoms with Crippen LogP contribution in [-0.2, 0) is 16.0 Å². The maximum Gasteiger partial charge on any atom is 0.243 e. The van der Waals surface area contributed by atoms with Gasteiger partial charge in [-0.2, -0.15) is 0 Å². The smallest absolute Gasteiger partial charge is 0.243 e. The standard InChI is InChI=1S/C19H29N3O3/c1-12(2)19(3)14(11-16(23)22-25)17(19)21-15(18(24)20-4)10-13-8-6-5-7-9-13/h5-9,12,14-15,17,21,25H,10-11H2,1-4H3,(H,20,24)(H,22,23)/t14?,15-,17?,19?/m0/s1. The molecule has 1 saturated carbocycles. The van der Waals surface area contributed by atoms with Gasteiger partial charge in [0.2, 0.25) is 11.8 Å². The first-order valence-electron chi connectivity index (χ1n) is 8.79. The van der Waals surface area contributed by atoms with Crippen molar-refractivity contribution < 1.29 is 14.8 Å². The summed E-state index contributed by atoms with van der Waals surface area (Å²) >= 11 is 0. The van der Waals surface area contributed by atoms with Crippen LogP contribution in [0.15, 0.2) is 30.3 Å². The van der Waals surface area contributed by atoms with Crippen molar-refractivity contribution in [3.63, 3.8) is 0 Å². The first kappa shape index (κ1) is 19.4. The molecule has 1 fully saturated rings. The van der Waals surface area contributed by atoms with Gasteiger partial charge in [0.05, 0.1) is 6.04 Å². The highest BCUT2D eigenvalue weighted by Crippen LogP contribution is 2.59. The monoisotopic (exact) mass is 347 g/mol. The van der Waals surface area contributed by atoms with Crippen LogP contribution >= 0.6 is 0 Å². The molecular formula is C19H29N3O3. The maximum atomic E-state index is 12.4. The number of carbonyl (C=O) groups excluding carboxylic acids is 2. The fraction of sp³-hybridized carbons (Fsp3) is 0.579. The van der Waals surface area contributed by atoms with E-state index >= 15 is 0 Å². The molecule has 0 heterocycles. The highest BCUT2D eigenvalue weighted by Gasteiger charge is 2.63. The third-order valence-electron chi connectivity index (χ3n) is 5.76. The molecule has 1 aliphatic carbocycles. The molecule has 4 atom stereocenters. The average molecular weight is 347 g/mol. The number of likely N-dealkylation sites (N-methyl/N-ethyl adjacent to an activating group) is 1. The van der Waals surface area contributed by atoms with Crippen LogP contribution in [0.4, 0.5) is 0 Å². The molecule has 1 aliphatic rings. The quantitative estimate of drug-likeness (QED) is 0.424. The zero-order valence-electron chi connectivity index (χ0n) is 15.4. The lowest BCUT2D eigenvalue weighted by atomic mass is 9.90. The molecule has 3 unspecified atom stereocenters. The summed E-state index contributed by atoms with van der Waals surface area (Å²) in [7, 11) is 1.63. The summed E-state index contributed by atoms with van der Waals surface area (Å²) in [5.74, 6) is -0.0147. The molecule has 0 spiro atoms. The van der Waals surface area contributed by atoms with Crippen LogP contribution in [0, 0.1) is 17.3 Å². The molecule has 4 N–H and O–H groups in total. The summed E-state index contributed by atoms with van der Waals surface area (Å²) in [6.07, 6.45) is 0.832. The van der Waals surface area contributed by atoms with Gasteiger partial charge in [0.15, 0.2) is 0 Å². The van der Waals surface area contributed by atoms with Crippen LogP contribution in [0.3, 0.4) is 0 Å². The number of hydrogen-bond acceptors (Lipinski definition) is 4. The van der Waals surface area contributed by atoms with Gasteiger partial charge < -0.3 is 10.6 Å². The zero-order valence-corrected chi connectivity index (χ0v) is 15.4. The number of hydrogen-bond donors (Lipinski definition) is 4. The van der Waals surface area contributed by atoms with Crippen LogP contribution in [0.2, 0.25) is 0 Å². The van der Waals surface area contributed by atoms with Crippen molar-refractivity contribution in [1.29, 1.82) is 0 Å². The van der Waals surface area contributed by atoms with Gasteiger partial charge in [0.25, 0.3) is 0 Å². The summed E-state index contributed by atoms with van der Waals surface area (Å²) in [5.41, 5.74) is 2.71. The molecule has 6 heteroatoms. The summed E-state index contributed by atoms with van der Waals surface area (Å²) in [4.78, 5) is 24.0. The Kier molecular flexibility index (Phi) is 6.19. The largest absolute Gasteiger partial charge is 0.358 e. The van der Waals surface area contributed by atoms with Gasteiger partial charge in [-0.15, -0.1) is 0 Å². The first-order valence-corrected chi connectivity index (χ1v) is 8.79. The van der Waals surface area contributed by atoms with E-state index in [0.717, 1.165) is 5.56 Å². The van der Waals surface area contributed by atoms with E-state index in [9.17, 15) is 9.59 Å². The van der Waals surface area contributed by atoms with Crippen LogP contribution < -0.4 is 16.1 Å². The molecule has 0 saturated heterocycles. The molecule has 0 aromatic heterocycles. The lowest BCUT2D eigenvalue weighted by Crippen LogP contribution is -2.47. The van der Waals surface area contributed by atoms with Gasteiger partial charge in [-0.25, -0.2) is 5.48 Å². The number of hydroxylamine groups is 1. The number of benzene rings is 1. The third-order valence-corrected chi connectivity index (χ3v) is 5.76. The second-order valence-electron chi connectivity index (χ2n) is 7.37. The van der Waals surface area contributed by atoms with Gasteiger partial charge in [0, 0.05) is 19.5 Å². The predicted octanol–water partition coefficient (Wildman–Crippen LogP) is 1.49. The topological polar surface area (TPSA) is 90.5 Å². The van der Waals surface area contributed by atoms with Crippen LogP contribution in [0.25, 0.3) is 0 Å². The minimum absolute atomic E-state index is 0.0517. The number of nitrogens with one attached hydrogen (secondary N) is 3. The second kappa shape index (κ2) is 7.97. The first-order chi connectivity index (χ1) is 11.8. The van der Waals surface area contributed by atoms with Crippen molar-refractivity contribution in [2.75, 3.05) is 7.05 Å². The fourth-order valence-electron chi connectivity index (χ4n) is 3.76. The van der Waals surface area contributed by atoms with E-state index in [-0.39, 0.29) is 41.7 Å². The summed E-state index contributed by atoms with van der Waals surface area (Å²) in [6.45, 7) is 6.38. The van der Waals surface area contributed by atoms with Gasteiger partial charge in [-0.05, 0) is 29.2 Å². The van der Waals surface area contributed by atoms with Gasteiger partial charge in [0.1, 0.15) is 0 Å². The lowest BCUT2D eigenvalue weighted by Gasteiger charge is -2.21. The molecule has 1 aromatic carbocycles. The molecule has 1 aromatic rings. The highest BCUT2D eigenvalue weighted by atomic mass is 16.5. The number of rotatable bonds is 8. The van der Waals surface area contributed by atoms with E-state index in [2.05, 4.69) is 31.4 Å². The summed E-state index contributed by atoms with van der Waals surface area (Å²) in [5, 5.41) is 15.0. The Hall–Kier alpha value is -1.92. The lowest BCUT2D eigenvalue weighted by molar-refractivity contribution is -0.129. The van der Waals surface area contributed by atoms with Crippen molar-refractivity contribution in [2.24, 2.45) is 17.3 Å². The Labute approximate surface area is 149 Å². The van der Waals surface area contributed by atoms with E-state index in [1.54, 1.807) is 12.5 Å². The molecule has 2 amide bonds. The molecule has 0 radical (unpaired) electrons. The molecular weight excluding hydrogens is 318 g/mol. The minimum atomic E-state index is -0.388. The number of carbonyl (C=O) groups is 2. The van der Waals surface area contributed by atoms with E-state index in [1.165, 1.54) is 0 Å². The Morgan fingerprint density at radius 3 is 2.40 bits per heavy atom. The van der Waals surface area contributed by atoms with Crippen LogP contribution in [0.5, 0.6) is 0 Å². The molecule has 0 aliphatic heterocycles. The van der Waals surface area contributed by atoms with Crippen molar-refractivity contribution in [3.8, 4) is 0 Å². The summed E-state index contributed by atoms with van der Waals surface area (Å²) < 4.78 is 0. The zero-order chi connectivity index (χ0) is 18.6. The predicted molar refractivity (Wildman–Crippen MR) is 95.9 cm³/mol. The van der Waals surface area contributed by atoms with Crippen LogP contribution in [0.1, 0.15) is 32.8 Å². The van der Waals surface area contributed by atoms with Crippen molar-refractivity contribution in [2.45, 2.75) is 45.7 Å². The second-order valence-corrected chi connectivity index (χ2v) is 7.37. The molecule has 2 rings (SSSR count). The van der Waals surface area contributed by atoms with Gasteiger partial charge >= 0.3 is 0 Å². The Balaban J connectivity index is 2.13. The van der Waals surface area contributed by atoms with Gasteiger partial charge in [-0.1, -0.05) is 51.1 Å². The fourth-order valence-corrected chi connectivity index (χ4v) is 3.76. The Morgan fingerprint density at radius 2 is 1.88 bits per heavy atom. The van der Waals surface area contributed by atoms with E-state index in [1.807, 2.05) is 30.3 Å². The third kappa shape index (κ3) is 4.19. The van der Waals surface area contributed by atoms with Crippen LogP contribution in [-0.4, -0.2) is 36.2 Å². The van der Waals surface area contributed by atoms with E-state index in [4.69, 9.17) is 5.21 Å². The highest BCUT2D eigenvalue weighted by molar-refractivity contribution is 5.82. The molecule has 138 valence electrons. The Bertz CT molecular complexity index is 605. The SMILES string of the molecule is CNC(=O)[C@H](Cc1ccccc1)NC1C(CC(=O)NO)C1(C)C(C)C. The van der Waals surface area contributed by atoms with E-state index in [0.29, 0.717) is 12.3 Å². The van der Waals surface area contributed by atoms with Crippen molar-refractivity contribution in [3.05, 3.63) is 35.9 Å².